The van der Waals surface area contributed by atoms with Crippen LogP contribution in [0.25, 0.3) is 22.3 Å². The highest BCUT2D eigenvalue weighted by molar-refractivity contribution is 7.99. The van der Waals surface area contributed by atoms with Crippen molar-refractivity contribution in [1.29, 1.82) is 0 Å². The Morgan fingerprint density at radius 2 is 1.06 bits per heavy atom. The van der Waals surface area contributed by atoms with Gasteiger partial charge in [0.25, 0.3) is 5.69 Å². The maximum absolute atomic E-state index is 11.9. The van der Waals surface area contributed by atoms with Crippen LogP contribution in [-0.2, 0) is 5.41 Å². The second kappa shape index (κ2) is 7.42. The minimum Gasteiger partial charge on any atom is -0.258 e. The lowest BCUT2D eigenvalue weighted by molar-refractivity contribution is -0.384. The summed E-state index contributed by atoms with van der Waals surface area (Å²) in [5.41, 5.74) is 8.63. The smallest absolute Gasteiger partial charge is 0.258 e. The minimum absolute atomic E-state index is 0.127. The van der Waals surface area contributed by atoms with Crippen LogP contribution in [0.15, 0.2) is 125 Å². The first kappa shape index (κ1) is 20.2. The van der Waals surface area contributed by atoms with Crippen molar-refractivity contribution >= 4 is 17.4 Å². The zero-order valence-corrected chi connectivity index (χ0v) is 19.5. The number of rotatable bonds is 2. The number of hydrogen-bond acceptors (Lipinski definition) is 3. The molecule has 0 fully saturated rings. The Bertz CT molecular complexity index is 1630. The molecule has 5 aromatic carbocycles. The lowest BCUT2D eigenvalue weighted by Gasteiger charge is -2.40. The zero-order valence-electron chi connectivity index (χ0n) is 18.6. The number of nitro benzene ring substituents is 1. The Hall–Kier alpha value is -4.15. The molecular weight excluding hydrogens is 450 g/mol. The molecule has 0 radical (unpaired) electrons. The summed E-state index contributed by atoms with van der Waals surface area (Å²) in [5.74, 6) is 0. The molecule has 0 bridgehead atoms. The average molecular weight is 470 g/mol. The quantitative estimate of drug-likeness (QED) is 0.190. The van der Waals surface area contributed by atoms with E-state index in [9.17, 15) is 10.1 Å². The third-order valence-electron chi connectivity index (χ3n) is 7.27. The summed E-state index contributed by atoms with van der Waals surface area (Å²) in [6, 6.07) is 39.2. The molecule has 0 saturated heterocycles. The molecule has 1 spiro atoms. The molecule has 35 heavy (non-hydrogen) atoms. The topological polar surface area (TPSA) is 43.1 Å². The van der Waals surface area contributed by atoms with Gasteiger partial charge >= 0.3 is 0 Å². The van der Waals surface area contributed by atoms with Gasteiger partial charge in [0.05, 0.1) is 15.9 Å². The summed E-state index contributed by atoms with van der Waals surface area (Å²) >= 11 is 1.71. The first-order valence-electron chi connectivity index (χ1n) is 11.6. The predicted molar refractivity (Wildman–Crippen MR) is 140 cm³/mol. The summed E-state index contributed by atoms with van der Waals surface area (Å²) in [7, 11) is 0. The van der Waals surface area contributed by atoms with Crippen molar-refractivity contribution < 1.29 is 4.92 Å². The van der Waals surface area contributed by atoms with Crippen molar-refractivity contribution in [2.75, 3.05) is 0 Å². The van der Waals surface area contributed by atoms with Crippen LogP contribution in [0.5, 0.6) is 0 Å². The van der Waals surface area contributed by atoms with Crippen molar-refractivity contribution in [3.8, 4) is 22.3 Å². The SMILES string of the molecule is O=[N+]([O-])c1ccccc1-c1cccc2c1Sc1ccccc1C21c2ccccc2-c2ccccc21. The number of nitro groups is 1. The molecule has 0 N–H and O–H groups in total. The maximum Gasteiger partial charge on any atom is 0.277 e. The first-order chi connectivity index (χ1) is 17.2. The highest BCUT2D eigenvalue weighted by Crippen LogP contribution is 2.63. The summed E-state index contributed by atoms with van der Waals surface area (Å²) in [6.45, 7) is 0. The minimum atomic E-state index is -0.482. The Kier molecular flexibility index (Phi) is 4.29. The van der Waals surface area contributed by atoms with E-state index >= 15 is 0 Å². The standard InChI is InChI=1S/C31H19NO2S/c33-32(34)28-18-7-3-12-22(28)23-13-9-17-27-30(23)35-29-19-8-6-16-26(29)31(27)24-14-4-1-10-20(24)21-11-2-5-15-25(21)31/h1-19H. The molecule has 1 aliphatic carbocycles. The molecule has 1 heterocycles. The van der Waals surface area contributed by atoms with Gasteiger partial charge in [0, 0.05) is 21.4 Å². The Labute approximate surface area is 207 Å². The van der Waals surface area contributed by atoms with Gasteiger partial charge < -0.3 is 0 Å². The monoisotopic (exact) mass is 469 g/mol. The molecule has 5 aromatic rings. The van der Waals surface area contributed by atoms with Crippen molar-refractivity contribution in [3.63, 3.8) is 0 Å². The van der Waals surface area contributed by atoms with Gasteiger partial charge in [-0.2, -0.15) is 0 Å². The fourth-order valence-electron chi connectivity index (χ4n) is 5.95. The van der Waals surface area contributed by atoms with E-state index in [2.05, 4.69) is 78.9 Å². The van der Waals surface area contributed by atoms with Crippen molar-refractivity contribution in [2.24, 2.45) is 0 Å². The van der Waals surface area contributed by atoms with E-state index < -0.39 is 5.41 Å². The van der Waals surface area contributed by atoms with Gasteiger partial charge in [-0.25, -0.2) is 0 Å². The second-order valence-electron chi connectivity index (χ2n) is 8.90. The first-order valence-corrected chi connectivity index (χ1v) is 12.4. The molecule has 0 saturated carbocycles. The van der Waals surface area contributed by atoms with Crippen molar-refractivity contribution in [2.45, 2.75) is 15.2 Å². The van der Waals surface area contributed by atoms with E-state index in [-0.39, 0.29) is 10.6 Å². The fraction of sp³-hybridized carbons (Fsp3) is 0.0323. The molecule has 4 heteroatoms. The number of benzene rings is 5. The Morgan fingerprint density at radius 3 is 1.74 bits per heavy atom. The van der Waals surface area contributed by atoms with E-state index in [4.69, 9.17) is 0 Å². The van der Waals surface area contributed by atoms with E-state index in [1.165, 1.54) is 38.3 Å². The van der Waals surface area contributed by atoms with Gasteiger partial charge in [-0.1, -0.05) is 109 Å². The number of nitrogens with zero attached hydrogens (tertiary/aromatic N) is 1. The van der Waals surface area contributed by atoms with Gasteiger partial charge in [0.15, 0.2) is 0 Å². The number of para-hydroxylation sites is 1. The van der Waals surface area contributed by atoms with Crippen LogP contribution < -0.4 is 0 Å². The molecule has 2 aliphatic rings. The van der Waals surface area contributed by atoms with Crippen molar-refractivity contribution in [1.82, 2.24) is 0 Å². The molecule has 0 atom stereocenters. The van der Waals surface area contributed by atoms with E-state index in [0.717, 1.165) is 10.5 Å². The van der Waals surface area contributed by atoms with Crippen LogP contribution in [0.3, 0.4) is 0 Å². The average Bonchev–Trinajstić information content (AvgIpc) is 3.20. The molecule has 0 unspecified atom stereocenters. The molecule has 3 nitrogen and oxygen atoms in total. The molecule has 166 valence electrons. The van der Waals surface area contributed by atoms with Gasteiger partial charge in [0.2, 0.25) is 0 Å². The Morgan fingerprint density at radius 1 is 0.543 bits per heavy atom. The van der Waals surface area contributed by atoms with Gasteiger partial charge in [-0.3, -0.25) is 10.1 Å². The highest BCUT2D eigenvalue weighted by atomic mass is 32.2. The summed E-state index contributed by atoms with van der Waals surface area (Å²) in [5, 5.41) is 11.9. The third-order valence-corrected chi connectivity index (χ3v) is 8.49. The molecular formula is C31H19NO2S. The highest BCUT2D eigenvalue weighted by Gasteiger charge is 2.50. The van der Waals surface area contributed by atoms with E-state index in [1.54, 1.807) is 23.9 Å². The van der Waals surface area contributed by atoms with Crippen molar-refractivity contribution in [3.05, 3.63) is 148 Å². The number of fused-ring (bicyclic) bond motifs is 9. The molecule has 1 aliphatic heterocycles. The summed E-state index contributed by atoms with van der Waals surface area (Å²) in [6.07, 6.45) is 0. The zero-order chi connectivity index (χ0) is 23.6. The van der Waals surface area contributed by atoms with Gasteiger partial charge in [-0.05, 0) is 45.5 Å². The number of hydrogen-bond donors (Lipinski definition) is 0. The van der Waals surface area contributed by atoms with Crippen LogP contribution in [0.2, 0.25) is 0 Å². The predicted octanol–water partition coefficient (Wildman–Crippen LogP) is 8.09. The lowest BCUT2D eigenvalue weighted by atomic mass is 9.67. The lowest BCUT2D eigenvalue weighted by Crippen LogP contribution is -2.32. The fourth-order valence-corrected chi connectivity index (χ4v) is 7.27. The van der Waals surface area contributed by atoms with Gasteiger partial charge in [-0.15, -0.1) is 0 Å². The second-order valence-corrected chi connectivity index (χ2v) is 9.95. The Balaban J connectivity index is 1.64. The van der Waals surface area contributed by atoms with Crippen LogP contribution in [0.4, 0.5) is 5.69 Å². The molecule has 0 amide bonds. The van der Waals surface area contributed by atoms with Crippen LogP contribution in [0.1, 0.15) is 22.3 Å². The maximum atomic E-state index is 11.9. The van der Waals surface area contributed by atoms with Crippen LogP contribution in [0, 0.1) is 10.1 Å². The largest absolute Gasteiger partial charge is 0.277 e. The van der Waals surface area contributed by atoms with E-state index in [1.807, 2.05) is 24.3 Å². The van der Waals surface area contributed by atoms with Crippen LogP contribution in [-0.4, -0.2) is 4.92 Å². The van der Waals surface area contributed by atoms with Gasteiger partial charge in [0.1, 0.15) is 0 Å². The van der Waals surface area contributed by atoms with E-state index in [0.29, 0.717) is 5.56 Å². The normalized spacial score (nSPS) is 14.1. The third kappa shape index (κ3) is 2.63. The summed E-state index contributed by atoms with van der Waals surface area (Å²) in [4.78, 5) is 13.9. The molecule has 0 aromatic heterocycles. The van der Waals surface area contributed by atoms with Crippen LogP contribution >= 0.6 is 11.8 Å². The molecule has 7 rings (SSSR count). The summed E-state index contributed by atoms with van der Waals surface area (Å²) < 4.78 is 0.